The van der Waals surface area contributed by atoms with Crippen LogP contribution in [0.5, 0.6) is 0 Å². The molecule has 1 saturated carbocycles. The van der Waals surface area contributed by atoms with Crippen LogP contribution in [0.1, 0.15) is 32.6 Å². The van der Waals surface area contributed by atoms with Crippen molar-refractivity contribution in [2.75, 3.05) is 6.61 Å². The molecule has 1 aromatic rings. The first-order valence-corrected chi connectivity index (χ1v) is 8.71. The molecule has 1 aliphatic rings. The molecule has 7 nitrogen and oxygen atoms in total. The minimum atomic E-state index is -0.509. The lowest BCUT2D eigenvalue weighted by atomic mass is 10.2. The molecule has 0 unspecified atom stereocenters. The van der Waals surface area contributed by atoms with E-state index < -0.39 is 16.1 Å². The summed E-state index contributed by atoms with van der Waals surface area (Å²) >= 11 is 1.23. The van der Waals surface area contributed by atoms with Crippen molar-refractivity contribution >= 4 is 29.3 Å². The molecule has 1 aliphatic carbocycles. The molecule has 130 valence electrons. The van der Waals surface area contributed by atoms with Crippen molar-refractivity contribution in [2.45, 2.75) is 48.8 Å². The number of carbonyl (C=O) groups is 2. The van der Waals surface area contributed by atoms with Gasteiger partial charge in [-0.3, -0.25) is 19.7 Å². The number of hydrogen-bond donors (Lipinski definition) is 1. The molecule has 0 bridgehead atoms. The van der Waals surface area contributed by atoms with Crippen LogP contribution in [0.25, 0.3) is 0 Å². The number of ether oxygens (including phenoxy) is 1. The van der Waals surface area contributed by atoms with E-state index in [1.165, 1.54) is 23.9 Å². The molecule has 0 aliphatic heterocycles. The minimum Gasteiger partial charge on any atom is -0.455 e. The summed E-state index contributed by atoms with van der Waals surface area (Å²) in [7, 11) is 0. The van der Waals surface area contributed by atoms with Gasteiger partial charge < -0.3 is 10.1 Å². The predicted octanol–water partition coefficient (Wildman–Crippen LogP) is 2.68. The third-order valence-corrected chi connectivity index (χ3v) is 4.85. The summed E-state index contributed by atoms with van der Waals surface area (Å²) in [6.07, 6.45) is 4.19. The summed E-state index contributed by atoms with van der Waals surface area (Å²) in [5.41, 5.74) is -0.00170. The van der Waals surface area contributed by atoms with Gasteiger partial charge in [0.25, 0.3) is 11.6 Å². The van der Waals surface area contributed by atoms with Gasteiger partial charge in [0.1, 0.15) is 5.25 Å². The third-order valence-electron chi connectivity index (χ3n) is 3.76. The number of thioether (sulfide) groups is 1. The highest BCUT2D eigenvalue weighted by Gasteiger charge is 2.20. The number of benzene rings is 1. The van der Waals surface area contributed by atoms with Crippen molar-refractivity contribution in [2.24, 2.45) is 0 Å². The highest BCUT2D eigenvalue weighted by molar-refractivity contribution is 8.00. The van der Waals surface area contributed by atoms with Gasteiger partial charge in [-0.15, -0.1) is 11.8 Å². The highest BCUT2D eigenvalue weighted by atomic mass is 32.2. The zero-order chi connectivity index (χ0) is 17.5. The summed E-state index contributed by atoms with van der Waals surface area (Å²) < 4.78 is 5.03. The summed E-state index contributed by atoms with van der Waals surface area (Å²) in [5.74, 6) is -0.761. The Morgan fingerprint density at radius 3 is 2.54 bits per heavy atom. The van der Waals surface area contributed by atoms with Crippen LogP contribution in [0.4, 0.5) is 5.69 Å². The van der Waals surface area contributed by atoms with Crippen molar-refractivity contribution in [1.29, 1.82) is 0 Å². The van der Waals surface area contributed by atoms with Gasteiger partial charge in [-0.25, -0.2) is 0 Å². The number of hydrogen-bond acceptors (Lipinski definition) is 6. The second-order valence-corrected chi connectivity index (χ2v) is 7.08. The van der Waals surface area contributed by atoms with Gasteiger partial charge in [-0.1, -0.05) is 12.8 Å². The fraction of sp³-hybridized carbons (Fsp3) is 0.500. The van der Waals surface area contributed by atoms with Gasteiger partial charge in [0, 0.05) is 23.1 Å². The number of carbonyl (C=O) groups excluding carboxylic acids is 2. The third kappa shape index (κ3) is 5.52. The van der Waals surface area contributed by atoms with Crippen molar-refractivity contribution in [3.63, 3.8) is 0 Å². The minimum absolute atomic E-state index is 0.00170. The van der Waals surface area contributed by atoms with Crippen molar-refractivity contribution in [3.8, 4) is 0 Å². The van der Waals surface area contributed by atoms with E-state index in [1.807, 2.05) is 0 Å². The normalized spacial score (nSPS) is 15.7. The molecular formula is C16H20N2O5S. The number of nitro groups is 1. The quantitative estimate of drug-likeness (QED) is 0.351. The zero-order valence-corrected chi connectivity index (χ0v) is 14.2. The molecule has 0 aromatic heterocycles. The smallest absolute Gasteiger partial charge is 0.319 e. The second-order valence-electron chi connectivity index (χ2n) is 5.67. The predicted molar refractivity (Wildman–Crippen MR) is 89.8 cm³/mol. The topological polar surface area (TPSA) is 98.5 Å². The molecule has 2 rings (SSSR count). The Bertz CT molecular complexity index is 599. The summed E-state index contributed by atoms with van der Waals surface area (Å²) in [4.78, 5) is 34.5. The summed E-state index contributed by atoms with van der Waals surface area (Å²) in [6.45, 7) is 1.39. The number of non-ortho nitro benzene ring substituents is 1. The molecule has 1 amide bonds. The van der Waals surface area contributed by atoms with Gasteiger partial charge in [0.05, 0.1) is 4.92 Å². The van der Waals surface area contributed by atoms with Gasteiger partial charge in [-0.05, 0) is 31.9 Å². The monoisotopic (exact) mass is 352 g/mol. The van der Waals surface area contributed by atoms with E-state index in [9.17, 15) is 19.7 Å². The molecular weight excluding hydrogens is 332 g/mol. The molecule has 1 N–H and O–H groups in total. The number of nitrogens with zero attached hydrogens (tertiary/aromatic N) is 1. The van der Waals surface area contributed by atoms with E-state index >= 15 is 0 Å². The van der Waals surface area contributed by atoms with E-state index in [2.05, 4.69) is 5.32 Å². The van der Waals surface area contributed by atoms with E-state index in [-0.39, 0.29) is 24.2 Å². The summed E-state index contributed by atoms with van der Waals surface area (Å²) in [6, 6.07) is 6.13. The number of rotatable bonds is 7. The Morgan fingerprint density at radius 1 is 1.33 bits per heavy atom. The Balaban J connectivity index is 1.74. The maximum absolute atomic E-state index is 11.9. The average Bonchev–Trinajstić information content (AvgIpc) is 3.06. The van der Waals surface area contributed by atoms with E-state index in [4.69, 9.17) is 4.74 Å². The SMILES string of the molecule is C[C@@H](Sc1ccc([N+](=O)[O-])cc1)C(=O)OCC(=O)NC1CCCC1. The van der Waals surface area contributed by atoms with Crippen LogP contribution < -0.4 is 5.32 Å². The summed E-state index contributed by atoms with van der Waals surface area (Å²) in [5, 5.41) is 12.9. The van der Waals surface area contributed by atoms with Crippen molar-refractivity contribution in [1.82, 2.24) is 5.32 Å². The van der Waals surface area contributed by atoms with E-state index in [1.54, 1.807) is 19.1 Å². The standard InChI is InChI=1S/C16H20N2O5S/c1-11(24-14-8-6-13(7-9-14)18(21)22)16(20)23-10-15(19)17-12-4-2-3-5-12/h6-9,11-12H,2-5,10H2,1H3,(H,17,19)/t11-/m1/s1. The second kappa shape index (κ2) is 8.68. The van der Waals surface area contributed by atoms with Crippen LogP contribution in [-0.2, 0) is 14.3 Å². The van der Waals surface area contributed by atoms with Crippen LogP contribution in [0.15, 0.2) is 29.2 Å². The van der Waals surface area contributed by atoms with Crippen LogP contribution >= 0.6 is 11.8 Å². The first-order chi connectivity index (χ1) is 11.5. The van der Waals surface area contributed by atoms with Crippen LogP contribution in [-0.4, -0.2) is 34.7 Å². The largest absolute Gasteiger partial charge is 0.455 e. The Labute approximate surface area is 144 Å². The first-order valence-electron chi connectivity index (χ1n) is 7.83. The van der Waals surface area contributed by atoms with Gasteiger partial charge >= 0.3 is 5.97 Å². The molecule has 8 heteroatoms. The molecule has 1 fully saturated rings. The fourth-order valence-corrected chi connectivity index (χ4v) is 3.36. The molecule has 0 heterocycles. The molecule has 0 saturated heterocycles. The van der Waals surface area contributed by atoms with Crippen LogP contribution in [0.3, 0.4) is 0 Å². The maximum Gasteiger partial charge on any atom is 0.319 e. The van der Waals surface area contributed by atoms with Gasteiger partial charge in [0.2, 0.25) is 0 Å². The molecule has 0 radical (unpaired) electrons. The molecule has 1 atom stereocenters. The molecule has 0 spiro atoms. The molecule has 1 aromatic carbocycles. The van der Waals surface area contributed by atoms with Crippen LogP contribution in [0.2, 0.25) is 0 Å². The van der Waals surface area contributed by atoms with E-state index in [0.29, 0.717) is 0 Å². The lowest BCUT2D eigenvalue weighted by Crippen LogP contribution is -2.36. The zero-order valence-electron chi connectivity index (χ0n) is 13.4. The number of amides is 1. The maximum atomic E-state index is 11.9. The highest BCUT2D eigenvalue weighted by Crippen LogP contribution is 2.26. The van der Waals surface area contributed by atoms with Crippen molar-refractivity contribution in [3.05, 3.63) is 34.4 Å². The number of nitro benzene ring substituents is 1. The average molecular weight is 352 g/mol. The lowest BCUT2D eigenvalue weighted by molar-refractivity contribution is -0.384. The number of nitrogens with one attached hydrogen (secondary N) is 1. The fourth-order valence-electron chi connectivity index (χ4n) is 2.49. The first kappa shape index (κ1) is 18.3. The Kier molecular flexibility index (Phi) is 6.60. The van der Waals surface area contributed by atoms with Gasteiger partial charge in [0.15, 0.2) is 6.61 Å². The van der Waals surface area contributed by atoms with E-state index in [0.717, 1.165) is 30.6 Å². The Morgan fingerprint density at radius 2 is 1.96 bits per heavy atom. The number of esters is 1. The molecule has 24 heavy (non-hydrogen) atoms. The lowest BCUT2D eigenvalue weighted by Gasteiger charge is -2.14. The van der Waals surface area contributed by atoms with Crippen LogP contribution in [0, 0.1) is 10.1 Å². The Hall–Kier alpha value is -2.09. The van der Waals surface area contributed by atoms with Crippen molar-refractivity contribution < 1.29 is 19.2 Å². The van der Waals surface area contributed by atoms with Gasteiger partial charge in [-0.2, -0.15) is 0 Å².